The number of sulfonamides is 1. The number of nitrogens with one attached hydrogen (secondary N) is 2. The maximum Gasteiger partial charge on any atom is 0.242 e. The Kier molecular flexibility index (Phi) is 6.60. The lowest BCUT2D eigenvalue weighted by atomic mass is 10.3. The van der Waals surface area contributed by atoms with Crippen molar-refractivity contribution in [2.24, 2.45) is 0 Å². The fourth-order valence-corrected chi connectivity index (χ4v) is 3.24. The normalized spacial score (nSPS) is 11.4. The van der Waals surface area contributed by atoms with E-state index in [1.807, 2.05) is 24.3 Å². The summed E-state index contributed by atoms with van der Waals surface area (Å²) in [6.07, 6.45) is 1.33. The molecule has 0 bridgehead atoms. The van der Waals surface area contributed by atoms with Crippen LogP contribution in [0.3, 0.4) is 0 Å². The molecule has 0 saturated carbocycles. The van der Waals surface area contributed by atoms with Crippen LogP contribution in [0.5, 0.6) is 11.5 Å². The lowest BCUT2D eigenvalue weighted by molar-refractivity contribution is 0.331. The Morgan fingerprint density at radius 1 is 1.08 bits per heavy atom. The summed E-state index contributed by atoms with van der Waals surface area (Å²) in [7, 11) is -1.91. The zero-order chi connectivity index (χ0) is 18.3. The molecule has 7 nitrogen and oxygen atoms in total. The number of ether oxygens (including phenoxy) is 2. The third-order valence-electron chi connectivity index (χ3n) is 3.17. The van der Waals surface area contributed by atoms with Gasteiger partial charge in [0, 0.05) is 12.2 Å². The Labute approximate surface area is 148 Å². The summed E-state index contributed by atoms with van der Waals surface area (Å²) >= 11 is 0. The highest BCUT2D eigenvalue weighted by Gasteiger charge is 2.15. The number of rotatable bonds is 9. The van der Waals surface area contributed by atoms with E-state index in [9.17, 15) is 8.42 Å². The molecule has 1 heterocycles. The van der Waals surface area contributed by atoms with Gasteiger partial charge >= 0.3 is 0 Å². The van der Waals surface area contributed by atoms with Gasteiger partial charge in [-0.05, 0) is 50.2 Å². The summed E-state index contributed by atoms with van der Waals surface area (Å²) in [5.41, 5.74) is 0. The van der Waals surface area contributed by atoms with Crippen LogP contribution in [-0.4, -0.2) is 39.7 Å². The third-order valence-corrected chi connectivity index (χ3v) is 4.82. The summed E-state index contributed by atoms with van der Waals surface area (Å²) in [4.78, 5) is 4.26. The molecule has 2 aromatic rings. The molecule has 8 heteroatoms. The standard InChI is InChI=1S/C17H23N3O4S/c1-13(2)20-25(21,22)16-8-9-17(19-12-16)18-10-11-24-15-6-4-14(23-3)5-7-15/h4-9,12-13,20H,10-11H2,1-3H3,(H,18,19). The molecule has 2 N–H and O–H groups in total. The van der Waals surface area contributed by atoms with Gasteiger partial charge in [0.1, 0.15) is 28.8 Å². The second kappa shape index (κ2) is 8.68. The van der Waals surface area contributed by atoms with Crippen LogP contribution in [0.25, 0.3) is 0 Å². The largest absolute Gasteiger partial charge is 0.497 e. The molecule has 0 spiro atoms. The smallest absolute Gasteiger partial charge is 0.242 e. The van der Waals surface area contributed by atoms with E-state index in [1.165, 1.54) is 12.3 Å². The van der Waals surface area contributed by atoms with Crippen molar-refractivity contribution in [2.75, 3.05) is 25.6 Å². The molecule has 0 aliphatic rings. The molecule has 136 valence electrons. The van der Waals surface area contributed by atoms with Crippen molar-refractivity contribution in [3.63, 3.8) is 0 Å². The Balaban J connectivity index is 1.81. The van der Waals surface area contributed by atoms with Gasteiger partial charge in [-0.2, -0.15) is 0 Å². The number of aromatic nitrogens is 1. The molecule has 0 saturated heterocycles. The number of benzene rings is 1. The Hall–Kier alpha value is -2.32. The number of nitrogens with zero attached hydrogens (tertiary/aromatic N) is 1. The average Bonchev–Trinajstić information content (AvgIpc) is 2.58. The van der Waals surface area contributed by atoms with E-state index in [0.717, 1.165) is 11.5 Å². The first-order valence-corrected chi connectivity index (χ1v) is 9.38. The van der Waals surface area contributed by atoms with Gasteiger partial charge in [0.05, 0.1) is 13.7 Å². The van der Waals surface area contributed by atoms with E-state index in [2.05, 4.69) is 15.0 Å². The third kappa shape index (κ3) is 5.91. The van der Waals surface area contributed by atoms with Crippen molar-refractivity contribution in [2.45, 2.75) is 24.8 Å². The van der Waals surface area contributed by atoms with Gasteiger partial charge in [-0.25, -0.2) is 18.1 Å². The Bertz CT molecular complexity index is 759. The molecule has 0 aliphatic heterocycles. The molecule has 0 atom stereocenters. The van der Waals surface area contributed by atoms with Crippen LogP contribution in [0.15, 0.2) is 47.5 Å². The molecular formula is C17H23N3O4S. The van der Waals surface area contributed by atoms with Gasteiger partial charge < -0.3 is 14.8 Å². The Morgan fingerprint density at radius 3 is 2.32 bits per heavy atom. The number of pyridine rings is 1. The maximum atomic E-state index is 12.0. The van der Waals surface area contributed by atoms with Gasteiger partial charge in [-0.3, -0.25) is 0 Å². The van der Waals surface area contributed by atoms with E-state index >= 15 is 0 Å². The monoisotopic (exact) mass is 365 g/mol. The molecule has 0 fully saturated rings. The van der Waals surface area contributed by atoms with Gasteiger partial charge in [0.15, 0.2) is 0 Å². The molecule has 0 unspecified atom stereocenters. The predicted molar refractivity (Wildman–Crippen MR) is 96.7 cm³/mol. The van der Waals surface area contributed by atoms with Crippen LogP contribution in [0, 0.1) is 0 Å². The molecule has 1 aromatic heterocycles. The quantitative estimate of drug-likeness (QED) is 0.663. The molecule has 0 aliphatic carbocycles. The summed E-state index contributed by atoms with van der Waals surface area (Å²) in [5, 5.41) is 3.08. The first kappa shape index (κ1) is 19.0. The predicted octanol–water partition coefficient (Wildman–Crippen LogP) is 2.27. The summed E-state index contributed by atoms with van der Waals surface area (Å²) in [5.74, 6) is 2.11. The number of anilines is 1. The molecule has 25 heavy (non-hydrogen) atoms. The van der Waals surface area contributed by atoms with Gasteiger partial charge in [0.25, 0.3) is 0 Å². The maximum absolute atomic E-state index is 12.0. The molecule has 0 radical (unpaired) electrons. The highest BCUT2D eigenvalue weighted by molar-refractivity contribution is 7.89. The second-order valence-corrected chi connectivity index (χ2v) is 7.32. The second-order valence-electron chi connectivity index (χ2n) is 5.61. The van der Waals surface area contributed by atoms with Gasteiger partial charge in [-0.15, -0.1) is 0 Å². The van der Waals surface area contributed by atoms with Crippen LogP contribution >= 0.6 is 0 Å². The number of hydrogen-bond donors (Lipinski definition) is 2. The fraction of sp³-hybridized carbons (Fsp3) is 0.353. The van der Waals surface area contributed by atoms with Crippen LogP contribution in [0.4, 0.5) is 5.82 Å². The van der Waals surface area contributed by atoms with Crippen LogP contribution in [0.1, 0.15) is 13.8 Å². The molecule has 2 rings (SSSR count). The van der Waals surface area contributed by atoms with E-state index in [-0.39, 0.29) is 10.9 Å². The Morgan fingerprint density at radius 2 is 1.76 bits per heavy atom. The van der Waals surface area contributed by atoms with Crippen molar-refractivity contribution >= 4 is 15.8 Å². The lowest BCUT2D eigenvalue weighted by Crippen LogP contribution is -2.30. The molecule has 1 aromatic carbocycles. The zero-order valence-corrected chi connectivity index (χ0v) is 15.3. The minimum absolute atomic E-state index is 0.140. The summed E-state index contributed by atoms with van der Waals surface area (Å²) in [6, 6.07) is 10.3. The van der Waals surface area contributed by atoms with Crippen molar-refractivity contribution in [1.82, 2.24) is 9.71 Å². The summed E-state index contributed by atoms with van der Waals surface area (Å²) in [6.45, 7) is 4.52. The fourth-order valence-electron chi connectivity index (χ4n) is 2.04. The first-order chi connectivity index (χ1) is 11.9. The molecular weight excluding hydrogens is 342 g/mol. The van der Waals surface area contributed by atoms with Crippen molar-refractivity contribution in [1.29, 1.82) is 0 Å². The summed E-state index contributed by atoms with van der Waals surface area (Å²) < 4.78 is 37.2. The van der Waals surface area contributed by atoms with Crippen LogP contribution in [0.2, 0.25) is 0 Å². The average molecular weight is 365 g/mol. The molecule has 0 amide bonds. The minimum atomic E-state index is -3.52. The highest BCUT2D eigenvalue weighted by Crippen LogP contribution is 2.17. The van der Waals surface area contributed by atoms with E-state index < -0.39 is 10.0 Å². The topological polar surface area (TPSA) is 89.5 Å². The zero-order valence-electron chi connectivity index (χ0n) is 14.5. The number of methoxy groups -OCH3 is 1. The van der Waals surface area contributed by atoms with Crippen molar-refractivity contribution in [3.05, 3.63) is 42.6 Å². The van der Waals surface area contributed by atoms with Crippen LogP contribution in [-0.2, 0) is 10.0 Å². The lowest BCUT2D eigenvalue weighted by Gasteiger charge is -2.11. The van der Waals surface area contributed by atoms with Gasteiger partial charge in [-0.1, -0.05) is 0 Å². The van der Waals surface area contributed by atoms with E-state index in [1.54, 1.807) is 27.0 Å². The minimum Gasteiger partial charge on any atom is -0.497 e. The van der Waals surface area contributed by atoms with Crippen LogP contribution < -0.4 is 19.5 Å². The van der Waals surface area contributed by atoms with E-state index in [4.69, 9.17) is 9.47 Å². The van der Waals surface area contributed by atoms with Crippen molar-refractivity contribution in [3.8, 4) is 11.5 Å². The first-order valence-electron chi connectivity index (χ1n) is 7.90. The van der Waals surface area contributed by atoms with Crippen molar-refractivity contribution < 1.29 is 17.9 Å². The highest BCUT2D eigenvalue weighted by atomic mass is 32.2. The van der Waals surface area contributed by atoms with Gasteiger partial charge in [0.2, 0.25) is 10.0 Å². The SMILES string of the molecule is COc1ccc(OCCNc2ccc(S(=O)(=O)NC(C)C)cn2)cc1. The van der Waals surface area contributed by atoms with E-state index in [0.29, 0.717) is 19.0 Å². The number of hydrogen-bond acceptors (Lipinski definition) is 6.